The van der Waals surface area contributed by atoms with Crippen molar-refractivity contribution in [3.8, 4) is 0 Å². The van der Waals surface area contributed by atoms with Gasteiger partial charge in [-0.05, 0) is 0 Å². The number of hydrogen-bond acceptors (Lipinski definition) is 0. The zero-order valence-electron chi connectivity index (χ0n) is 28.8. The van der Waals surface area contributed by atoms with E-state index in [1.165, 1.54) is 73.2 Å². The molecule has 5 aromatic carbocycles. The summed E-state index contributed by atoms with van der Waals surface area (Å²) < 4.78 is 0. The monoisotopic (exact) mass is 668 g/mol. The van der Waals surface area contributed by atoms with Crippen LogP contribution in [0, 0.1) is 5.92 Å². The Morgan fingerprint density at radius 1 is 0.375 bits per heavy atom. The van der Waals surface area contributed by atoms with Crippen molar-refractivity contribution in [2.45, 2.75) is 57.5 Å². The summed E-state index contributed by atoms with van der Waals surface area (Å²) in [6, 6.07) is 57.4. The van der Waals surface area contributed by atoms with Crippen molar-refractivity contribution in [3.63, 3.8) is 0 Å². The number of unbranched alkanes of at least 4 members (excludes halogenated alkanes) is 6. The number of allylic oxidation sites excluding steroid dienone is 4. The molecule has 2 heteroatoms. The summed E-state index contributed by atoms with van der Waals surface area (Å²) in [7, 11) is -4.16. The van der Waals surface area contributed by atoms with Crippen LogP contribution >= 0.6 is 14.5 Å². The summed E-state index contributed by atoms with van der Waals surface area (Å²) in [5, 5.41) is 7.78. The van der Waals surface area contributed by atoms with Gasteiger partial charge in [0.25, 0.3) is 0 Å². The van der Waals surface area contributed by atoms with E-state index in [1.54, 1.807) is 10.6 Å². The molecule has 2 unspecified atom stereocenters. The Morgan fingerprint density at radius 2 is 0.708 bits per heavy atom. The van der Waals surface area contributed by atoms with E-state index in [-0.39, 0.29) is 0 Å². The molecule has 1 aliphatic rings. The van der Waals surface area contributed by atoms with E-state index >= 15 is 0 Å². The van der Waals surface area contributed by atoms with Crippen LogP contribution in [0.3, 0.4) is 0 Å². The van der Waals surface area contributed by atoms with E-state index in [2.05, 4.69) is 183 Å². The van der Waals surface area contributed by atoms with Gasteiger partial charge in [-0.3, -0.25) is 0 Å². The molecule has 0 saturated heterocycles. The first kappa shape index (κ1) is 34.3. The molecule has 0 N–H and O–H groups in total. The van der Waals surface area contributed by atoms with Gasteiger partial charge in [-0.1, -0.05) is 0 Å². The Kier molecular flexibility index (Phi) is 12.3. The molecule has 48 heavy (non-hydrogen) atoms. The van der Waals surface area contributed by atoms with Crippen molar-refractivity contribution >= 4 is 41.0 Å². The molecule has 2 atom stereocenters. The molecule has 1 aliphatic carbocycles. The number of hydrogen-bond donors (Lipinski definition) is 0. The molecule has 0 heterocycles. The molecule has 0 fully saturated rings. The van der Waals surface area contributed by atoms with Crippen LogP contribution in [0.5, 0.6) is 0 Å². The van der Waals surface area contributed by atoms with Crippen LogP contribution in [0.25, 0.3) is 0 Å². The minimum atomic E-state index is -2.12. The van der Waals surface area contributed by atoms with Crippen LogP contribution in [-0.4, -0.2) is 18.0 Å². The van der Waals surface area contributed by atoms with Crippen LogP contribution < -0.4 is 26.5 Å². The van der Waals surface area contributed by atoms with Crippen molar-refractivity contribution in [2.75, 3.05) is 12.3 Å². The van der Waals surface area contributed by atoms with Gasteiger partial charge in [-0.15, -0.1) is 0 Å². The molecule has 5 aromatic rings. The van der Waals surface area contributed by atoms with Gasteiger partial charge in [0.1, 0.15) is 0 Å². The van der Waals surface area contributed by atoms with Gasteiger partial charge in [0.15, 0.2) is 0 Å². The zero-order chi connectivity index (χ0) is 32.9. The molecule has 0 bridgehead atoms. The second kappa shape index (κ2) is 17.2. The van der Waals surface area contributed by atoms with Gasteiger partial charge < -0.3 is 0 Å². The van der Waals surface area contributed by atoms with Crippen LogP contribution in [-0.2, 0) is 0 Å². The maximum atomic E-state index is 2.54. The molecular weight excluding hydrogens is 614 g/mol. The van der Waals surface area contributed by atoms with E-state index in [1.807, 2.05) is 0 Å². The summed E-state index contributed by atoms with van der Waals surface area (Å²) in [6.07, 6.45) is 21.3. The molecule has 248 valence electrons. The average molecular weight is 669 g/mol. The number of rotatable bonds is 16. The predicted molar refractivity (Wildman–Crippen MR) is 220 cm³/mol. The van der Waals surface area contributed by atoms with Crippen molar-refractivity contribution in [3.05, 3.63) is 176 Å². The molecule has 0 aliphatic heterocycles. The molecule has 0 spiro atoms. The third-order valence-corrected chi connectivity index (χ3v) is 21.8. The van der Waals surface area contributed by atoms with Crippen molar-refractivity contribution < 1.29 is 0 Å². The van der Waals surface area contributed by atoms with Crippen LogP contribution in [0.4, 0.5) is 0 Å². The Bertz CT molecular complexity index is 1560. The van der Waals surface area contributed by atoms with Crippen molar-refractivity contribution in [1.29, 1.82) is 0 Å². The zero-order valence-corrected chi connectivity index (χ0v) is 30.8. The first-order chi connectivity index (χ1) is 23.7. The second-order valence-corrected chi connectivity index (χ2v) is 22.1. The summed E-state index contributed by atoms with van der Waals surface area (Å²) in [6.45, 7) is 2.43. The SMILES string of the molecule is CC1C=CC=CC1[PH](CCCCCCCCC[PH](c1ccccc1)(c1ccccc1)c1ccccc1)(c1ccccc1)c1ccccc1. The van der Waals surface area contributed by atoms with Gasteiger partial charge >= 0.3 is 293 Å². The van der Waals surface area contributed by atoms with Gasteiger partial charge in [0.2, 0.25) is 0 Å². The second-order valence-electron chi connectivity index (χ2n) is 13.8. The van der Waals surface area contributed by atoms with Crippen LogP contribution in [0.2, 0.25) is 0 Å². The Labute approximate surface area is 291 Å². The summed E-state index contributed by atoms with van der Waals surface area (Å²) >= 11 is 0. The average Bonchev–Trinajstić information content (AvgIpc) is 3.16. The standard InChI is InChI=1S/C46H54P2/c1-40-26-22-23-37-46(40)48(44-33-18-10-19-34-44,45-35-20-11-21-36-45)39-25-6-4-2-3-5-24-38-47(41-27-12-7-13-28-41,42-29-14-8-15-30-42)43-31-16-9-17-32-43/h7-23,26-37,40,46-48H,2-6,24-25,38-39H2,1H3. The van der Waals surface area contributed by atoms with E-state index < -0.39 is 14.5 Å². The van der Waals surface area contributed by atoms with E-state index in [4.69, 9.17) is 0 Å². The Balaban J connectivity index is 1.10. The van der Waals surface area contributed by atoms with Gasteiger partial charge in [0, 0.05) is 0 Å². The van der Waals surface area contributed by atoms with Gasteiger partial charge in [-0.2, -0.15) is 0 Å². The summed E-state index contributed by atoms with van der Waals surface area (Å²) in [4.78, 5) is 0. The third kappa shape index (κ3) is 7.68. The number of benzene rings is 5. The third-order valence-electron chi connectivity index (χ3n) is 11.0. The fourth-order valence-electron chi connectivity index (χ4n) is 8.59. The fourth-order valence-corrected chi connectivity index (χ4v) is 19.4. The minimum absolute atomic E-state index is 0.556. The molecule has 0 nitrogen and oxygen atoms in total. The molecule has 0 radical (unpaired) electrons. The van der Waals surface area contributed by atoms with E-state index in [9.17, 15) is 0 Å². The van der Waals surface area contributed by atoms with Crippen molar-refractivity contribution in [2.24, 2.45) is 5.92 Å². The summed E-state index contributed by atoms with van der Waals surface area (Å²) in [5.41, 5.74) is 0.579. The Hall–Kier alpha value is -3.56. The molecule has 0 aromatic heterocycles. The molecular formula is C46H54P2. The first-order valence-corrected chi connectivity index (χ1v) is 22.9. The fraction of sp³-hybridized carbons (Fsp3) is 0.261. The normalized spacial score (nSPS) is 16.9. The van der Waals surface area contributed by atoms with E-state index in [0.717, 1.165) is 0 Å². The van der Waals surface area contributed by atoms with Crippen LogP contribution in [0.15, 0.2) is 176 Å². The van der Waals surface area contributed by atoms with Crippen molar-refractivity contribution in [1.82, 2.24) is 0 Å². The van der Waals surface area contributed by atoms with Crippen LogP contribution in [0.1, 0.15) is 51.9 Å². The Morgan fingerprint density at radius 3 is 1.10 bits per heavy atom. The first-order valence-electron chi connectivity index (χ1n) is 18.4. The maximum absolute atomic E-state index is 2.54. The molecule has 0 amide bonds. The van der Waals surface area contributed by atoms with Gasteiger partial charge in [0.05, 0.1) is 0 Å². The predicted octanol–water partition coefficient (Wildman–Crippen LogP) is 9.98. The van der Waals surface area contributed by atoms with E-state index in [0.29, 0.717) is 11.6 Å². The molecule has 6 rings (SSSR count). The summed E-state index contributed by atoms with van der Waals surface area (Å²) in [5.74, 6) is 0.556. The van der Waals surface area contributed by atoms with Gasteiger partial charge in [-0.25, -0.2) is 0 Å². The molecule has 0 saturated carbocycles. The quantitative estimate of drug-likeness (QED) is 0.0726. The topological polar surface area (TPSA) is 0 Å².